The molecule has 0 aliphatic carbocycles. The highest BCUT2D eigenvalue weighted by molar-refractivity contribution is 7.07. The van der Waals surface area contributed by atoms with Crippen molar-refractivity contribution in [2.45, 2.75) is 38.8 Å². The van der Waals surface area contributed by atoms with Crippen LogP contribution in [0.4, 0.5) is 4.79 Å². The summed E-state index contributed by atoms with van der Waals surface area (Å²) in [6.07, 6.45) is -0.242. The van der Waals surface area contributed by atoms with Gasteiger partial charge in [0, 0.05) is 6.42 Å². The molecule has 6 heteroatoms. The summed E-state index contributed by atoms with van der Waals surface area (Å²) in [6, 6.07) is 1.16. The van der Waals surface area contributed by atoms with Crippen molar-refractivity contribution in [1.29, 1.82) is 0 Å². The van der Waals surface area contributed by atoms with Crippen LogP contribution in [-0.4, -0.2) is 30.8 Å². The van der Waals surface area contributed by atoms with Gasteiger partial charge in [0.2, 0.25) is 0 Å². The molecule has 106 valence electrons. The van der Waals surface area contributed by atoms with Crippen LogP contribution in [0.3, 0.4) is 0 Å². The van der Waals surface area contributed by atoms with E-state index in [1.54, 1.807) is 20.8 Å². The van der Waals surface area contributed by atoms with E-state index in [2.05, 4.69) is 10.1 Å². The summed E-state index contributed by atoms with van der Waals surface area (Å²) in [7, 11) is 1.29. The number of rotatable bonds is 4. The highest BCUT2D eigenvalue weighted by Gasteiger charge is 2.25. The van der Waals surface area contributed by atoms with Gasteiger partial charge in [0.25, 0.3) is 0 Å². The highest BCUT2D eigenvalue weighted by atomic mass is 32.1. The van der Waals surface area contributed by atoms with E-state index in [1.165, 1.54) is 18.4 Å². The van der Waals surface area contributed by atoms with Crippen LogP contribution in [0, 0.1) is 0 Å². The first-order valence-electron chi connectivity index (χ1n) is 5.90. The Labute approximate surface area is 116 Å². The van der Waals surface area contributed by atoms with Gasteiger partial charge in [0.1, 0.15) is 11.6 Å². The number of ether oxygens (including phenoxy) is 2. The van der Waals surface area contributed by atoms with E-state index < -0.39 is 23.7 Å². The molecule has 1 heterocycles. The van der Waals surface area contributed by atoms with Gasteiger partial charge in [0.15, 0.2) is 0 Å². The van der Waals surface area contributed by atoms with Crippen LogP contribution in [0.2, 0.25) is 0 Å². The topological polar surface area (TPSA) is 64.6 Å². The lowest BCUT2D eigenvalue weighted by Gasteiger charge is -2.22. The number of amides is 1. The quantitative estimate of drug-likeness (QED) is 0.863. The predicted octanol–water partition coefficient (Wildman–Crippen LogP) is 2.36. The van der Waals surface area contributed by atoms with Crippen LogP contribution in [0.15, 0.2) is 16.8 Å². The Balaban J connectivity index is 2.65. The molecule has 0 aliphatic heterocycles. The van der Waals surface area contributed by atoms with Crippen LogP contribution < -0.4 is 5.32 Å². The number of esters is 1. The Morgan fingerprint density at radius 1 is 1.42 bits per heavy atom. The Morgan fingerprint density at radius 3 is 2.58 bits per heavy atom. The summed E-state index contributed by atoms with van der Waals surface area (Å²) < 4.78 is 9.81. The zero-order valence-electron chi connectivity index (χ0n) is 11.6. The molecular formula is C13H19NO4S. The van der Waals surface area contributed by atoms with Gasteiger partial charge in [-0.25, -0.2) is 9.59 Å². The van der Waals surface area contributed by atoms with E-state index in [1.807, 2.05) is 16.8 Å². The SMILES string of the molecule is COC(=O)C(Cc1ccsc1)NC(=O)OC(C)(C)C. The van der Waals surface area contributed by atoms with E-state index in [0.717, 1.165) is 5.56 Å². The lowest BCUT2D eigenvalue weighted by molar-refractivity contribution is -0.143. The molecule has 0 aliphatic rings. The van der Waals surface area contributed by atoms with Crippen LogP contribution in [0.25, 0.3) is 0 Å². The van der Waals surface area contributed by atoms with Crippen LogP contribution in [-0.2, 0) is 20.7 Å². The smallest absolute Gasteiger partial charge is 0.408 e. The molecule has 1 rings (SSSR count). The number of alkyl carbamates (subject to hydrolysis) is 1. The second-order valence-corrected chi connectivity index (χ2v) is 5.84. The van der Waals surface area contributed by atoms with Crippen molar-refractivity contribution in [3.63, 3.8) is 0 Å². The number of thiophene rings is 1. The Bertz CT molecular complexity index is 422. The van der Waals surface area contributed by atoms with Crippen molar-refractivity contribution in [2.24, 2.45) is 0 Å². The minimum atomic E-state index is -0.741. The molecule has 0 fully saturated rings. The van der Waals surface area contributed by atoms with Gasteiger partial charge in [-0.3, -0.25) is 0 Å². The molecule has 1 unspecified atom stereocenters. The van der Waals surface area contributed by atoms with Crippen molar-refractivity contribution in [3.05, 3.63) is 22.4 Å². The fourth-order valence-electron chi connectivity index (χ4n) is 1.43. The maximum Gasteiger partial charge on any atom is 0.408 e. The summed E-state index contributed by atoms with van der Waals surface area (Å²) in [5.41, 5.74) is 0.365. The summed E-state index contributed by atoms with van der Waals surface area (Å²) in [6.45, 7) is 5.29. The Morgan fingerprint density at radius 2 is 2.11 bits per heavy atom. The predicted molar refractivity (Wildman–Crippen MR) is 73.2 cm³/mol. The summed E-state index contributed by atoms with van der Waals surface area (Å²) in [5, 5.41) is 6.37. The van der Waals surface area contributed by atoms with Crippen molar-refractivity contribution in [2.75, 3.05) is 7.11 Å². The highest BCUT2D eigenvalue weighted by Crippen LogP contribution is 2.11. The van der Waals surface area contributed by atoms with Crippen molar-refractivity contribution in [3.8, 4) is 0 Å². The first-order valence-corrected chi connectivity index (χ1v) is 6.84. The molecule has 1 atom stereocenters. The largest absolute Gasteiger partial charge is 0.467 e. The molecule has 1 amide bonds. The van der Waals surface area contributed by atoms with Gasteiger partial charge >= 0.3 is 12.1 Å². The van der Waals surface area contributed by atoms with E-state index in [9.17, 15) is 9.59 Å². The zero-order valence-corrected chi connectivity index (χ0v) is 12.4. The molecule has 5 nitrogen and oxygen atoms in total. The standard InChI is InChI=1S/C13H19NO4S/c1-13(2,3)18-12(16)14-10(11(15)17-4)7-9-5-6-19-8-9/h5-6,8,10H,7H2,1-4H3,(H,14,16). The average molecular weight is 285 g/mol. The third-order valence-corrected chi connectivity index (χ3v) is 2.93. The number of hydrogen-bond donors (Lipinski definition) is 1. The van der Waals surface area contributed by atoms with Crippen LogP contribution in [0.5, 0.6) is 0 Å². The lowest BCUT2D eigenvalue weighted by atomic mass is 10.1. The molecule has 0 bridgehead atoms. The summed E-state index contributed by atoms with van der Waals surface area (Å²) in [4.78, 5) is 23.3. The minimum absolute atomic E-state index is 0.384. The van der Waals surface area contributed by atoms with Crippen molar-refractivity contribution in [1.82, 2.24) is 5.32 Å². The number of carbonyl (C=O) groups is 2. The normalized spacial score (nSPS) is 12.6. The van der Waals surface area contributed by atoms with Gasteiger partial charge in [-0.05, 0) is 43.2 Å². The second kappa shape index (κ2) is 6.56. The molecule has 1 N–H and O–H groups in total. The van der Waals surface area contributed by atoms with Crippen molar-refractivity contribution < 1.29 is 19.1 Å². The first kappa shape index (κ1) is 15.5. The molecule has 0 spiro atoms. The number of nitrogens with one attached hydrogen (secondary N) is 1. The monoisotopic (exact) mass is 285 g/mol. The Hall–Kier alpha value is -1.56. The maximum atomic E-state index is 11.7. The maximum absolute atomic E-state index is 11.7. The molecule has 1 aromatic heterocycles. The number of methoxy groups -OCH3 is 1. The second-order valence-electron chi connectivity index (χ2n) is 5.06. The summed E-state index contributed by atoms with van der Waals surface area (Å²) >= 11 is 1.53. The molecule has 1 aromatic rings. The molecule has 0 aromatic carbocycles. The molecule has 0 saturated carbocycles. The van der Waals surface area contributed by atoms with Gasteiger partial charge < -0.3 is 14.8 Å². The molecule has 0 radical (unpaired) electrons. The van der Waals surface area contributed by atoms with Gasteiger partial charge in [-0.15, -0.1) is 0 Å². The van der Waals surface area contributed by atoms with Gasteiger partial charge in [-0.1, -0.05) is 0 Å². The van der Waals surface area contributed by atoms with Crippen LogP contribution >= 0.6 is 11.3 Å². The molecule has 0 saturated heterocycles. The van der Waals surface area contributed by atoms with Crippen molar-refractivity contribution >= 4 is 23.4 Å². The van der Waals surface area contributed by atoms with Gasteiger partial charge in [-0.2, -0.15) is 11.3 Å². The van der Waals surface area contributed by atoms with E-state index in [4.69, 9.17) is 4.74 Å². The number of carbonyl (C=O) groups excluding carboxylic acids is 2. The third-order valence-electron chi connectivity index (χ3n) is 2.20. The van der Waals surface area contributed by atoms with E-state index in [-0.39, 0.29) is 0 Å². The number of hydrogen-bond acceptors (Lipinski definition) is 5. The lowest BCUT2D eigenvalue weighted by Crippen LogP contribution is -2.45. The first-order chi connectivity index (χ1) is 8.81. The third kappa shape index (κ3) is 5.74. The molecule has 19 heavy (non-hydrogen) atoms. The fraction of sp³-hybridized carbons (Fsp3) is 0.538. The zero-order chi connectivity index (χ0) is 14.5. The van der Waals surface area contributed by atoms with Gasteiger partial charge in [0.05, 0.1) is 7.11 Å². The Kier molecular flexibility index (Phi) is 5.35. The van der Waals surface area contributed by atoms with Crippen LogP contribution in [0.1, 0.15) is 26.3 Å². The van der Waals surface area contributed by atoms with E-state index in [0.29, 0.717) is 6.42 Å². The average Bonchev–Trinajstić information content (AvgIpc) is 2.77. The minimum Gasteiger partial charge on any atom is -0.467 e. The summed E-state index contributed by atoms with van der Waals surface area (Å²) in [5.74, 6) is -0.489. The van der Waals surface area contributed by atoms with E-state index >= 15 is 0 Å². The fourth-order valence-corrected chi connectivity index (χ4v) is 2.11. The molecular weight excluding hydrogens is 266 g/mol.